The van der Waals surface area contributed by atoms with Crippen LogP contribution < -0.4 is 10.2 Å². The number of aryl methyl sites for hydroxylation is 1. The molecule has 0 bridgehead atoms. The normalized spacial score (nSPS) is 19.3. The molecule has 0 atom stereocenters. The van der Waals surface area contributed by atoms with E-state index in [1.54, 1.807) is 4.90 Å². The van der Waals surface area contributed by atoms with Gasteiger partial charge >= 0.3 is 0 Å². The van der Waals surface area contributed by atoms with Crippen LogP contribution >= 0.6 is 0 Å². The quantitative estimate of drug-likeness (QED) is 0.861. The molecule has 142 valence electrons. The number of rotatable bonds is 4. The number of sulfonamides is 1. The lowest BCUT2D eigenvalue weighted by Gasteiger charge is -2.30. The summed E-state index contributed by atoms with van der Waals surface area (Å²) in [4.78, 5) is 26.3. The third-order valence-corrected chi connectivity index (χ3v) is 6.46. The van der Waals surface area contributed by atoms with E-state index < -0.39 is 10.0 Å². The van der Waals surface area contributed by atoms with Gasteiger partial charge in [0.2, 0.25) is 21.8 Å². The Morgan fingerprint density at radius 3 is 2.54 bits per heavy atom. The van der Waals surface area contributed by atoms with Gasteiger partial charge in [-0.25, -0.2) is 12.7 Å². The number of hydrogen-bond acceptors (Lipinski definition) is 4. The summed E-state index contributed by atoms with van der Waals surface area (Å²) >= 11 is 0. The first-order valence-corrected chi connectivity index (χ1v) is 10.8. The first kappa shape index (κ1) is 18.8. The van der Waals surface area contributed by atoms with Crippen molar-refractivity contribution in [3.63, 3.8) is 0 Å². The van der Waals surface area contributed by atoms with E-state index in [1.807, 2.05) is 25.1 Å². The Labute approximate surface area is 154 Å². The Hall–Kier alpha value is -1.93. The molecule has 2 aliphatic rings. The van der Waals surface area contributed by atoms with Gasteiger partial charge in [-0.05, 0) is 49.9 Å². The van der Waals surface area contributed by atoms with Gasteiger partial charge in [0.1, 0.15) is 0 Å². The summed E-state index contributed by atoms with van der Waals surface area (Å²) in [5.74, 6) is -0.121. The van der Waals surface area contributed by atoms with Crippen molar-refractivity contribution >= 4 is 33.2 Å². The Bertz CT molecular complexity index is 814. The Morgan fingerprint density at radius 1 is 1.23 bits per heavy atom. The van der Waals surface area contributed by atoms with Gasteiger partial charge in [0.25, 0.3) is 0 Å². The fourth-order valence-electron chi connectivity index (χ4n) is 3.68. The SMILES string of the molecule is CCN1C(=O)CCc2cc(NC(=O)C3CCN(S(C)(=O)=O)CC3)ccc21. The van der Waals surface area contributed by atoms with Crippen molar-refractivity contribution in [2.45, 2.75) is 32.6 Å². The van der Waals surface area contributed by atoms with Gasteiger partial charge in [-0.3, -0.25) is 9.59 Å². The van der Waals surface area contributed by atoms with Crippen LogP contribution in [0.2, 0.25) is 0 Å². The van der Waals surface area contributed by atoms with Crippen LogP contribution in [0.3, 0.4) is 0 Å². The van der Waals surface area contributed by atoms with E-state index in [1.165, 1.54) is 10.6 Å². The second-order valence-electron chi connectivity index (χ2n) is 6.91. The Balaban J connectivity index is 1.65. The maximum Gasteiger partial charge on any atom is 0.227 e. The van der Waals surface area contributed by atoms with Gasteiger partial charge in [0, 0.05) is 43.3 Å². The maximum atomic E-state index is 12.5. The standard InChI is InChI=1S/C18H25N3O4S/c1-3-21-16-6-5-15(12-14(16)4-7-17(21)22)19-18(23)13-8-10-20(11-9-13)26(2,24)25/h5-6,12-13H,3-4,7-11H2,1-2H3,(H,19,23). The molecule has 1 N–H and O–H groups in total. The Kier molecular flexibility index (Phi) is 5.34. The van der Waals surface area contributed by atoms with Crippen molar-refractivity contribution in [2.75, 3.05) is 36.1 Å². The molecule has 7 nitrogen and oxygen atoms in total. The number of carbonyl (C=O) groups excluding carboxylic acids is 2. The molecular formula is C18H25N3O4S. The molecule has 0 unspecified atom stereocenters. The molecular weight excluding hydrogens is 354 g/mol. The molecule has 1 aromatic rings. The summed E-state index contributed by atoms with van der Waals surface area (Å²) in [6.45, 7) is 3.35. The first-order chi connectivity index (χ1) is 12.3. The number of fused-ring (bicyclic) bond motifs is 1. The number of benzene rings is 1. The number of carbonyl (C=O) groups is 2. The van der Waals surface area contributed by atoms with Crippen molar-refractivity contribution < 1.29 is 18.0 Å². The summed E-state index contributed by atoms with van der Waals surface area (Å²) in [6, 6.07) is 5.65. The predicted octanol–water partition coefficient (Wildman–Crippen LogP) is 1.60. The monoisotopic (exact) mass is 379 g/mol. The van der Waals surface area contributed by atoms with E-state index in [2.05, 4.69) is 5.32 Å². The lowest BCUT2D eigenvalue weighted by Crippen LogP contribution is -2.40. The van der Waals surface area contributed by atoms with Gasteiger partial charge in [-0.2, -0.15) is 0 Å². The van der Waals surface area contributed by atoms with Crippen molar-refractivity contribution in [2.24, 2.45) is 5.92 Å². The summed E-state index contributed by atoms with van der Waals surface area (Å²) in [5, 5.41) is 2.95. The van der Waals surface area contributed by atoms with Gasteiger partial charge in [0.05, 0.1) is 6.26 Å². The van der Waals surface area contributed by atoms with Crippen molar-refractivity contribution in [1.82, 2.24) is 4.31 Å². The zero-order valence-electron chi connectivity index (χ0n) is 15.2. The molecule has 0 saturated carbocycles. The van der Waals surface area contributed by atoms with Crippen LogP contribution in [0.4, 0.5) is 11.4 Å². The highest BCUT2D eigenvalue weighted by atomic mass is 32.2. The summed E-state index contributed by atoms with van der Waals surface area (Å²) in [7, 11) is -3.19. The van der Waals surface area contributed by atoms with Crippen molar-refractivity contribution in [3.05, 3.63) is 23.8 Å². The van der Waals surface area contributed by atoms with Gasteiger partial charge < -0.3 is 10.2 Å². The highest BCUT2D eigenvalue weighted by Crippen LogP contribution is 2.30. The van der Waals surface area contributed by atoms with Gasteiger partial charge in [-0.1, -0.05) is 0 Å². The molecule has 2 amide bonds. The fourth-order valence-corrected chi connectivity index (χ4v) is 4.55. The molecule has 2 aliphatic heterocycles. The van der Waals surface area contributed by atoms with E-state index in [0.29, 0.717) is 45.3 Å². The average Bonchev–Trinajstić information content (AvgIpc) is 2.61. The first-order valence-electron chi connectivity index (χ1n) is 8.99. The molecule has 2 heterocycles. The van der Waals surface area contributed by atoms with E-state index in [-0.39, 0.29) is 17.7 Å². The number of anilines is 2. The lowest BCUT2D eigenvalue weighted by molar-refractivity contribution is -0.121. The van der Waals surface area contributed by atoms with Gasteiger partial charge in [-0.15, -0.1) is 0 Å². The van der Waals surface area contributed by atoms with Crippen LogP contribution in [0, 0.1) is 5.92 Å². The van der Waals surface area contributed by atoms with Gasteiger partial charge in [0.15, 0.2) is 0 Å². The second kappa shape index (κ2) is 7.36. The minimum absolute atomic E-state index is 0.0719. The number of nitrogens with one attached hydrogen (secondary N) is 1. The zero-order chi connectivity index (χ0) is 18.9. The number of amides is 2. The third kappa shape index (κ3) is 3.91. The molecule has 8 heteroatoms. The molecule has 3 rings (SSSR count). The third-order valence-electron chi connectivity index (χ3n) is 5.16. The van der Waals surface area contributed by atoms with E-state index in [9.17, 15) is 18.0 Å². The molecule has 0 spiro atoms. The van der Waals surface area contributed by atoms with E-state index >= 15 is 0 Å². The maximum absolute atomic E-state index is 12.5. The molecule has 1 saturated heterocycles. The van der Waals surface area contributed by atoms with Crippen LogP contribution in [0.25, 0.3) is 0 Å². The van der Waals surface area contributed by atoms with E-state index in [0.717, 1.165) is 16.9 Å². The van der Waals surface area contributed by atoms with Crippen molar-refractivity contribution in [1.29, 1.82) is 0 Å². The molecule has 1 fully saturated rings. The zero-order valence-corrected chi connectivity index (χ0v) is 16.0. The minimum Gasteiger partial charge on any atom is -0.326 e. The van der Waals surface area contributed by atoms with Crippen LogP contribution in [-0.2, 0) is 26.0 Å². The summed E-state index contributed by atoms with van der Waals surface area (Å²) < 4.78 is 24.5. The number of hydrogen-bond donors (Lipinski definition) is 1. The molecule has 1 aromatic carbocycles. The molecule has 0 radical (unpaired) electrons. The lowest BCUT2D eigenvalue weighted by atomic mass is 9.96. The molecule has 0 aliphatic carbocycles. The van der Waals surface area contributed by atoms with Crippen LogP contribution in [0.5, 0.6) is 0 Å². The minimum atomic E-state index is -3.19. The number of nitrogens with zero attached hydrogens (tertiary/aromatic N) is 2. The molecule has 0 aromatic heterocycles. The smallest absolute Gasteiger partial charge is 0.227 e. The fraction of sp³-hybridized carbons (Fsp3) is 0.556. The van der Waals surface area contributed by atoms with E-state index in [4.69, 9.17) is 0 Å². The highest BCUT2D eigenvalue weighted by molar-refractivity contribution is 7.88. The largest absolute Gasteiger partial charge is 0.326 e. The highest BCUT2D eigenvalue weighted by Gasteiger charge is 2.29. The second-order valence-corrected chi connectivity index (χ2v) is 8.89. The summed E-state index contributed by atoms with van der Waals surface area (Å²) in [6.07, 6.45) is 3.43. The topological polar surface area (TPSA) is 86.8 Å². The van der Waals surface area contributed by atoms with Crippen LogP contribution in [0.1, 0.15) is 31.7 Å². The Morgan fingerprint density at radius 2 is 1.92 bits per heavy atom. The van der Waals surface area contributed by atoms with Crippen LogP contribution in [-0.4, -0.2) is 50.4 Å². The summed E-state index contributed by atoms with van der Waals surface area (Å²) in [5.41, 5.74) is 2.71. The van der Waals surface area contributed by atoms with Crippen LogP contribution in [0.15, 0.2) is 18.2 Å². The average molecular weight is 379 g/mol. The predicted molar refractivity (Wildman–Crippen MR) is 101 cm³/mol. The number of piperidine rings is 1. The molecule has 26 heavy (non-hydrogen) atoms. The van der Waals surface area contributed by atoms with Crippen molar-refractivity contribution in [3.8, 4) is 0 Å².